The van der Waals surface area contributed by atoms with E-state index in [9.17, 15) is 0 Å². The number of hydrogen-bond acceptors (Lipinski definition) is 4. The van der Waals surface area contributed by atoms with Crippen LogP contribution in [-0.2, 0) is 6.54 Å². The Morgan fingerprint density at radius 1 is 1.05 bits per heavy atom. The van der Waals surface area contributed by atoms with Gasteiger partial charge in [0.1, 0.15) is 0 Å². The molecule has 1 aliphatic rings. The first-order chi connectivity index (χ1) is 9.33. The summed E-state index contributed by atoms with van der Waals surface area (Å²) in [5.74, 6) is 1.65. The van der Waals surface area contributed by atoms with E-state index in [2.05, 4.69) is 17.8 Å². The summed E-state index contributed by atoms with van der Waals surface area (Å²) in [5, 5.41) is 0. The van der Waals surface area contributed by atoms with Gasteiger partial charge < -0.3 is 14.9 Å². The van der Waals surface area contributed by atoms with Crippen molar-refractivity contribution >= 4 is 5.69 Å². The van der Waals surface area contributed by atoms with Crippen LogP contribution < -0.4 is 20.3 Å². The molecule has 2 aromatic carbocycles. The molecule has 98 valence electrons. The van der Waals surface area contributed by atoms with E-state index in [0.29, 0.717) is 6.79 Å². The van der Waals surface area contributed by atoms with Crippen LogP contribution in [0.5, 0.6) is 11.5 Å². The van der Waals surface area contributed by atoms with Crippen molar-refractivity contribution < 1.29 is 9.47 Å². The Balaban J connectivity index is 1.64. The van der Waals surface area contributed by atoms with Gasteiger partial charge in [-0.1, -0.05) is 18.2 Å². The van der Waals surface area contributed by atoms with Crippen molar-refractivity contribution in [2.45, 2.75) is 13.5 Å². The maximum atomic E-state index is 5.39. The number of benzene rings is 2. The Hall–Kier alpha value is -2.20. The third-order valence-corrected chi connectivity index (χ3v) is 3.12. The molecular weight excluding hydrogens is 240 g/mol. The van der Waals surface area contributed by atoms with Crippen LogP contribution in [0.25, 0.3) is 0 Å². The monoisotopic (exact) mass is 256 g/mol. The third-order valence-electron chi connectivity index (χ3n) is 3.12. The van der Waals surface area contributed by atoms with E-state index in [4.69, 9.17) is 9.47 Å². The predicted octanol–water partition coefficient (Wildman–Crippen LogP) is 2.84. The highest BCUT2D eigenvalue weighted by atomic mass is 16.7. The van der Waals surface area contributed by atoms with Gasteiger partial charge in [-0.3, -0.25) is 0 Å². The molecule has 0 saturated carbocycles. The fourth-order valence-electron chi connectivity index (χ4n) is 2.04. The highest BCUT2D eigenvalue weighted by Crippen LogP contribution is 2.34. The Morgan fingerprint density at radius 2 is 1.79 bits per heavy atom. The van der Waals surface area contributed by atoms with Gasteiger partial charge in [0.25, 0.3) is 0 Å². The molecule has 0 amide bonds. The van der Waals surface area contributed by atoms with E-state index in [-0.39, 0.29) is 0 Å². The second-order valence-electron chi connectivity index (χ2n) is 4.48. The maximum absolute atomic E-state index is 5.39. The van der Waals surface area contributed by atoms with Crippen LogP contribution in [-0.4, -0.2) is 6.79 Å². The summed E-state index contributed by atoms with van der Waals surface area (Å²) in [4.78, 5) is 0. The van der Waals surface area contributed by atoms with E-state index >= 15 is 0 Å². The van der Waals surface area contributed by atoms with Crippen molar-refractivity contribution in [1.29, 1.82) is 0 Å². The van der Waals surface area contributed by atoms with Gasteiger partial charge in [-0.15, -0.1) is 0 Å². The van der Waals surface area contributed by atoms with E-state index in [1.165, 1.54) is 11.1 Å². The number of aryl methyl sites for hydroxylation is 1. The Morgan fingerprint density at radius 3 is 2.58 bits per heavy atom. The fourth-order valence-corrected chi connectivity index (χ4v) is 2.04. The van der Waals surface area contributed by atoms with Gasteiger partial charge in [0, 0.05) is 12.2 Å². The second kappa shape index (κ2) is 5.20. The summed E-state index contributed by atoms with van der Waals surface area (Å²) in [7, 11) is 0. The van der Waals surface area contributed by atoms with E-state index in [1.54, 1.807) is 0 Å². The molecule has 0 bridgehead atoms. The first kappa shape index (κ1) is 11.9. The molecule has 19 heavy (non-hydrogen) atoms. The molecule has 1 heterocycles. The largest absolute Gasteiger partial charge is 0.454 e. The van der Waals surface area contributed by atoms with Crippen LogP contribution >= 0.6 is 0 Å². The van der Waals surface area contributed by atoms with Crippen LogP contribution in [0, 0.1) is 6.92 Å². The molecule has 3 rings (SSSR count). The van der Waals surface area contributed by atoms with E-state index in [0.717, 1.165) is 23.7 Å². The molecule has 0 atom stereocenters. The van der Waals surface area contributed by atoms with Gasteiger partial charge in [-0.25, -0.2) is 5.43 Å². The van der Waals surface area contributed by atoms with Crippen LogP contribution in [0.3, 0.4) is 0 Å². The number of hydrazine groups is 1. The molecular formula is C15H16N2O2. The highest BCUT2D eigenvalue weighted by Gasteiger charge is 2.15. The van der Waals surface area contributed by atoms with Crippen molar-refractivity contribution in [1.82, 2.24) is 5.43 Å². The van der Waals surface area contributed by atoms with Crippen LogP contribution in [0.1, 0.15) is 11.1 Å². The lowest BCUT2D eigenvalue weighted by molar-refractivity contribution is 0.174. The number of nitrogens with one attached hydrogen (secondary N) is 2. The molecule has 0 spiro atoms. The van der Waals surface area contributed by atoms with Crippen LogP contribution in [0.2, 0.25) is 0 Å². The minimum Gasteiger partial charge on any atom is -0.454 e. The lowest BCUT2D eigenvalue weighted by Gasteiger charge is -2.11. The molecule has 0 fully saturated rings. The van der Waals surface area contributed by atoms with Crippen molar-refractivity contribution in [2.24, 2.45) is 0 Å². The van der Waals surface area contributed by atoms with Crippen molar-refractivity contribution in [2.75, 3.05) is 12.2 Å². The lowest BCUT2D eigenvalue weighted by Crippen LogP contribution is -2.21. The molecule has 0 aromatic heterocycles. The predicted molar refractivity (Wildman–Crippen MR) is 74.2 cm³/mol. The summed E-state index contributed by atoms with van der Waals surface area (Å²) >= 11 is 0. The lowest BCUT2D eigenvalue weighted by atomic mass is 10.1. The quantitative estimate of drug-likeness (QED) is 0.825. The molecule has 2 aromatic rings. The molecule has 4 nitrogen and oxygen atoms in total. The zero-order valence-corrected chi connectivity index (χ0v) is 10.8. The Bertz CT molecular complexity index is 570. The highest BCUT2D eigenvalue weighted by molar-refractivity contribution is 5.48. The molecule has 0 saturated heterocycles. The van der Waals surface area contributed by atoms with Gasteiger partial charge in [-0.2, -0.15) is 0 Å². The van der Waals surface area contributed by atoms with Crippen molar-refractivity contribution in [3.05, 3.63) is 53.6 Å². The molecule has 2 N–H and O–H groups in total. The van der Waals surface area contributed by atoms with Gasteiger partial charge in [-0.05, 0) is 42.3 Å². The first-order valence-electron chi connectivity index (χ1n) is 6.26. The molecule has 1 aliphatic heterocycles. The van der Waals surface area contributed by atoms with Crippen LogP contribution in [0.4, 0.5) is 5.69 Å². The molecule has 0 radical (unpaired) electrons. The average Bonchev–Trinajstić information content (AvgIpc) is 2.87. The zero-order valence-electron chi connectivity index (χ0n) is 10.8. The molecule has 0 unspecified atom stereocenters. The summed E-state index contributed by atoms with van der Waals surface area (Å²) in [6.45, 7) is 3.10. The SMILES string of the molecule is Cc1cc2c(cc1CNNc1ccccc1)OCO2. The standard InChI is InChI=1S/C15H16N2O2/c1-11-7-14-15(19-10-18-14)8-12(11)9-16-17-13-5-3-2-4-6-13/h2-8,16-17H,9-10H2,1H3. The van der Waals surface area contributed by atoms with Gasteiger partial charge in [0.2, 0.25) is 6.79 Å². The van der Waals surface area contributed by atoms with Crippen molar-refractivity contribution in [3.63, 3.8) is 0 Å². The smallest absolute Gasteiger partial charge is 0.231 e. The summed E-state index contributed by atoms with van der Waals surface area (Å²) in [6.07, 6.45) is 0. The van der Waals surface area contributed by atoms with Gasteiger partial charge in [0.05, 0.1) is 0 Å². The molecule has 0 aliphatic carbocycles. The minimum absolute atomic E-state index is 0.313. The number of ether oxygens (including phenoxy) is 2. The normalized spacial score (nSPS) is 12.5. The number of fused-ring (bicyclic) bond motifs is 1. The molecule has 4 heteroatoms. The number of hydrogen-bond donors (Lipinski definition) is 2. The first-order valence-corrected chi connectivity index (χ1v) is 6.26. The van der Waals surface area contributed by atoms with Crippen molar-refractivity contribution in [3.8, 4) is 11.5 Å². The number of para-hydroxylation sites is 1. The summed E-state index contributed by atoms with van der Waals surface area (Å²) < 4.78 is 10.7. The fraction of sp³-hybridized carbons (Fsp3) is 0.200. The second-order valence-corrected chi connectivity index (χ2v) is 4.48. The number of anilines is 1. The topological polar surface area (TPSA) is 42.5 Å². The zero-order chi connectivity index (χ0) is 13.1. The van der Waals surface area contributed by atoms with Gasteiger partial charge in [0.15, 0.2) is 11.5 Å². The summed E-state index contributed by atoms with van der Waals surface area (Å²) in [5.41, 5.74) is 9.79. The average molecular weight is 256 g/mol. The van der Waals surface area contributed by atoms with Gasteiger partial charge >= 0.3 is 0 Å². The summed E-state index contributed by atoms with van der Waals surface area (Å²) in [6, 6.07) is 14.1. The maximum Gasteiger partial charge on any atom is 0.231 e. The Kier molecular flexibility index (Phi) is 3.25. The van der Waals surface area contributed by atoms with E-state index in [1.807, 2.05) is 42.5 Å². The number of rotatable bonds is 4. The van der Waals surface area contributed by atoms with Crippen LogP contribution in [0.15, 0.2) is 42.5 Å². The Labute approximate surface area is 112 Å². The minimum atomic E-state index is 0.313. The third kappa shape index (κ3) is 2.63. The van der Waals surface area contributed by atoms with E-state index < -0.39 is 0 Å².